The molecular weight excluding hydrogens is 394 g/mol. The van der Waals surface area contributed by atoms with E-state index in [0.29, 0.717) is 0 Å². The molecule has 0 aliphatic heterocycles. The highest BCUT2D eigenvalue weighted by atomic mass is 32.2. The molecule has 7 nitrogen and oxygen atoms in total. The van der Waals surface area contributed by atoms with E-state index in [1.54, 1.807) is 18.3 Å². The zero-order valence-electron chi connectivity index (χ0n) is 13.4. The van der Waals surface area contributed by atoms with Crippen molar-refractivity contribution in [2.75, 3.05) is 0 Å². The summed E-state index contributed by atoms with van der Waals surface area (Å²) in [6.45, 7) is 0.0559. The number of pyridine rings is 1. The second-order valence-electron chi connectivity index (χ2n) is 5.33. The zero-order chi connectivity index (χ0) is 18.8. The van der Waals surface area contributed by atoms with E-state index >= 15 is 0 Å². The molecule has 136 valence electrons. The van der Waals surface area contributed by atoms with E-state index in [2.05, 4.69) is 9.71 Å². The van der Waals surface area contributed by atoms with Crippen molar-refractivity contribution in [2.24, 2.45) is 5.14 Å². The lowest BCUT2D eigenvalue weighted by Crippen LogP contribution is -2.23. The van der Waals surface area contributed by atoms with Gasteiger partial charge in [0.25, 0.3) is 0 Å². The summed E-state index contributed by atoms with van der Waals surface area (Å²) in [6.07, 6.45) is 1.65. The molecule has 1 aromatic carbocycles. The van der Waals surface area contributed by atoms with E-state index in [1.807, 2.05) is 17.5 Å². The maximum absolute atomic E-state index is 12.5. The molecular formula is C16H15N3O4S3. The third kappa shape index (κ3) is 4.17. The van der Waals surface area contributed by atoms with Crippen LogP contribution in [0.25, 0.3) is 10.6 Å². The summed E-state index contributed by atoms with van der Waals surface area (Å²) in [5, 5.41) is 6.94. The average Bonchev–Trinajstić information content (AvgIpc) is 3.14. The molecule has 0 atom stereocenters. The first-order valence-electron chi connectivity index (χ1n) is 7.38. The minimum absolute atomic E-state index is 0.0496. The smallest absolute Gasteiger partial charge is 0.240 e. The fourth-order valence-electron chi connectivity index (χ4n) is 2.28. The maximum atomic E-state index is 12.5. The van der Waals surface area contributed by atoms with Crippen molar-refractivity contribution < 1.29 is 16.8 Å². The van der Waals surface area contributed by atoms with E-state index < -0.39 is 20.0 Å². The minimum Gasteiger partial charge on any atom is -0.255 e. The predicted octanol–water partition coefficient (Wildman–Crippen LogP) is 1.94. The van der Waals surface area contributed by atoms with Crippen LogP contribution < -0.4 is 9.86 Å². The summed E-state index contributed by atoms with van der Waals surface area (Å²) in [7, 11) is -7.69. The number of nitrogens with zero attached hydrogens (tertiary/aromatic N) is 1. The molecule has 0 amide bonds. The summed E-state index contributed by atoms with van der Waals surface area (Å²) < 4.78 is 49.9. The van der Waals surface area contributed by atoms with E-state index in [4.69, 9.17) is 5.14 Å². The Hall–Kier alpha value is -2.11. The van der Waals surface area contributed by atoms with Crippen molar-refractivity contribution in [3.8, 4) is 10.6 Å². The Morgan fingerprint density at radius 3 is 2.27 bits per heavy atom. The lowest BCUT2D eigenvalue weighted by atomic mass is 10.2. The molecule has 0 saturated heterocycles. The van der Waals surface area contributed by atoms with Crippen molar-refractivity contribution >= 4 is 31.4 Å². The normalized spacial score (nSPS) is 12.2. The number of sulfonamides is 2. The molecule has 2 aromatic heterocycles. The van der Waals surface area contributed by atoms with Crippen LogP contribution in [0.4, 0.5) is 0 Å². The van der Waals surface area contributed by atoms with E-state index in [0.717, 1.165) is 28.3 Å². The van der Waals surface area contributed by atoms with Gasteiger partial charge >= 0.3 is 0 Å². The topological polar surface area (TPSA) is 119 Å². The fourth-order valence-corrected chi connectivity index (χ4v) is 4.56. The average molecular weight is 410 g/mol. The van der Waals surface area contributed by atoms with Gasteiger partial charge in [-0.1, -0.05) is 12.1 Å². The zero-order valence-corrected chi connectivity index (χ0v) is 15.8. The van der Waals surface area contributed by atoms with Crippen LogP contribution in [0.15, 0.2) is 69.9 Å². The number of hydrogen-bond donors (Lipinski definition) is 2. The molecule has 0 aliphatic carbocycles. The first-order valence-corrected chi connectivity index (χ1v) is 11.3. The summed E-state index contributed by atoms with van der Waals surface area (Å²) in [5.74, 6) is 0. The van der Waals surface area contributed by atoms with E-state index in [9.17, 15) is 16.8 Å². The molecule has 0 aliphatic rings. The summed E-state index contributed by atoms with van der Waals surface area (Å²) in [4.78, 5) is 5.07. The van der Waals surface area contributed by atoms with Crippen molar-refractivity contribution in [3.05, 3.63) is 65.7 Å². The van der Waals surface area contributed by atoms with Crippen LogP contribution in [0.1, 0.15) is 5.56 Å². The van der Waals surface area contributed by atoms with Crippen LogP contribution in [0, 0.1) is 0 Å². The number of rotatable bonds is 6. The van der Waals surface area contributed by atoms with Gasteiger partial charge < -0.3 is 0 Å². The highest BCUT2D eigenvalue weighted by Gasteiger charge is 2.17. The molecule has 0 fully saturated rings. The van der Waals surface area contributed by atoms with Crippen LogP contribution in [0.3, 0.4) is 0 Å². The number of nitrogens with two attached hydrogens (primary N) is 1. The van der Waals surface area contributed by atoms with Gasteiger partial charge in [-0.2, -0.15) is 0 Å². The Bertz CT molecular complexity index is 1110. The number of primary sulfonamides is 1. The molecule has 3 rings (SSSR count). The molecule has 0 bridgehead atoms. The number of nitrogens with one attached hydrogen (secondary N) is 1. The molecule has 0 unspecified atom stereocenters. The van der Waals surface area contributed by atoms with Crippen molar-refractivity contribution in [2.45, 2.75) is 16.3 Å². The monoisotopic (exact) mass is 409 g/mol. The third-order valence-electron chi connectivity index (χ3n) is 3.56. The van der Waals surface area contributed by atoms with Crippen LogP contribution >= 0.6 is 11.3 Å². The van der Waals surface area contributed by atoms with Crippen molar-refractivity contribution in [1.82, 2.24) is 9.71 Å². The molecule has 0 radical (unpaired) electrons. The number of hydrogen-bond acceptors (Lipinski definition) is 6. The van der Waals surface area contributed by atoms with Gasteiger partial charge in [-0.15, -0.1) is 11.3 Å². The standard InChI is InChI=1S/C16H15N3O4S3/c17-25(20,21)13-5-7-14(8-6-13)26(22,23)19-11-12-3-1-9-18-16(12)15-4-2-10-24-15/h1-10,19H,11H2,(H2,17,20,21). The molecule has 0 spiro atoms. The van der Waals surface area contributed by atoms with Gasteiger partial charge in [0.15, 0.2) is 0 Å². The van der Waals surface area contributed by atoms with Crippen LogP contribution in [0.5, 0.6) is 0 Å². The predicted molar refractivity (Wildman–Crippen MR) is 99.4 cm³/mol. The number of benzene rings is 1. The largest absolute Gasteiger partial charge is 0.255 e. The van der Waals surface area contributed by atoms with Gasteiger partial charge in [0, 0.05) is 12.7 Å². The van der Waals surface area contributed by atoms with Crippen molar-refractivity contribution in [1.29, 1.82) is 0 Å². The highest BCUT2D eigenvalue weighted by molar-refractivity contribution is 7.89. The Balaban J connectivity index is 1.82. The Morgan fingerprint density at radius 2 is 1.65 bits per heavy atom. The second-order valence-corrected chi connectivity index (χ2v) is 9.61. The Labute approximate surface area is 155 Å². The number of aromatic nitrogens is 1. The van der Waals surface area contributed by atoms with E-state index in [1.165, 1.54) is 23.5 Å². The third-order valence-corrected chi connectivity index (χ3v) is 6.78. The summed E-state index contributed by atoms with van der Waals surface area (Å²) >= 11 is 1.52. The summed E-state index contributed by atoms with van der Waals surface area (Å²) in [6, 6.07) is 12.1. The first-order chi connectivity index (χ1) is 12.3. The molecule has 2 heterocycles. The van der Waals surface area contributed by atoms with E-state index in [-0.39, 0.29) is 16.3 Å². The summed E-state index contributed by atoms with van der Waals surface area (Å²) in [5.41, 5.74) is 1.45. The minimum atomic E-state index is -3.87. The van der Waals surface area contributed by atoms with Gasteiger partial charge in [0.05, 0.1) is 20.4 Å². The van der Waals surface area contributed by atoms with Gasteiger partial charge in [-0.3, -0.25) is 4.98 Å². The Morgan fingerprint density at radius 1 is 0.962 bits per heavy atom. The number of thiophene rings is 1. The molecule has 10 heteroatoms. The second kappa shape index (κ2) is 7.25. The quantitative estimate of drug-likeness (QED) is 0.645. The van der Waals surface area contributed by atoms with Gasteiger partial charge in [-0.05, 0) is 47.3 Å². The Kier molecular flexibility index (Phi) is 5.21. The van der Waals surface area contributed by atoms with Crippen LogP contribution in [0.2, 0.25) is 0 Å². The van der Waals surface area contributed by atoms with Crippen LogP contribution in [-0.4, -0.2) is 21.8 Å². The fraction of sp³-hybridized carbons (Fsp3) is 0.0625. The molecule has 26 heavy (non-hydrogen) atoms. The first kappa shape index (κ1) is 18.7. The van der Waals surface area contributed by atoms with Crippen LogP contribution in [-0.2, 0) is 26.6 Å². The lowest BCUT2D eigenvalue weighted by molar-refractivity contribution is 0.580. The highest BCUT2D eigenvalue weighted by Crippen LogP contribution is 2.26. The lowest BCUT2D eigenvalue weighted by Gasteiger charge is -2.10. The molecule has 0 saturated carbocycles. The maximum Gasteiger partial charge on any atom is 0.240 e. The molecule has 3 N–H and O–H groups in total. The van der Waals surface area contributed by atoms with Crippen molar-refractivity contribution in [3.63, 3.8) is 0 Å². The SMILES string of the molecule is NS(=O)(=O)c1ccc(S(=O)(=O)NCc2cccnc2-c2cccs2)cc1. The van der Waals surface area contributed by atoms with Gasteiger partial charge in [0.2, 0.25) is 20.0 Å². The molecule has 3 aromatic rings. The van der Waals surface area contributed by atoms with Gasteiger partial charge in [0.1, 0.15) is 0 Å². The van der Waals surface area contributed by atoms with Gasteiger partial charge in [-0.25, -0.2) is 26.7 Å².